The van der Waals surface area contributed by atoms with Crippen LogP contribution in [0.4, 0.5) is 0 Å². The lowest BCUT2D eigenvalue weighted by Gasteiger charge is -2.03. The fraction of sp³-hybridized carbons (Fsp3) is 0.562. The fourth-order valence-electron chi connectivity index (χ4n) is 1.38. The molecule has 19 heavy (non-hydrogen) atoms. The van der Waals surface area contributed by atoms with E-state index in [9.17, 15) is 9.90 Å². The average molecular weight is 262 g/mol. The van der Waals surface area contributed by atoms with Crippen LogP contribution < -0.4 is 0 Å². The summed E-state index contributed by atoms with van der Waals surface area (Å²) in [6, 6.07) is 0. The third-order valence-corrected chi connectivity index (χ3v) is 2.35. The van der Waals surface area contributed by atoms with Crippen LogP contribution in [0.3, 0.4) is 0 Å². The van der Waals surface area contributed by atoms with E-state index in [0.29, 0.717) is 6.42 Å². The molecule has 0 saturated carbocycles. The van der Waals surface area contributed by atoms with Gasteiger partial charge in [0.05, 0.1) is 0 Å². The van der Waals surface area contributed by atoms with Crippen molar-refractivity contribution in [3.05, 3.63) is 12.7 Å². The number of aliphatic hydroxyl groups is 1. The van der Waals surface area contributed by atoms with Crippen LogP contribution in [0.2, 0.25) is 0 Å². The molecule has 0 spiro atoms. The number of hydrogen-bond acceptors (Lipinski definition) is 3. The van der Waals surface area contributed by atoms with Gasteiger partial charge in [0.2, 0.25) is 0 Å². The van der Waals surface area contributed by atoms with Gasteiger partial charge in [-0.3, -0.25) is 4.79 Å². The van der Waals surface area contributed by atoms with Gasteiger partial charge in [-0.15, -0.1) is 0 Å². The van der Waals surface area contributed by atoms with Crippen LogP contribution in [0.1, 0.15) is 46.0 Å². The summed E-state index contributed by atoms with van der Waals surface area (Å²) in [4.78, 5) is 10.7. The van der Waals surface area contributed by atoms with E-state index in [1.165, 1.54) is 25.8 Å². The third-order valence-electron chi connectivity index (χ3n) is 2.35. The summed E-state index contributed by atoms with van der Waals surface area (Å²) < 4.78 is 4.84. The Balaban J connectivity index is 4.07. The van der Waals surface area contributed by atoms with Gasteiger partial charge >= 0.3 is 5.97 Å². The van der Waals surface area contributed by atoms with Crippen molar-refractivity contribution in [3.63, 3.8) is 0 Å². The minimum Gasteiger partial charge on any atom is -0.445 e. The standard InChI is InChI=1S/C16H22O3/c1-4-6-7-8-11-15(18)12-9-10-13-16(5-2)19-14(3)17/h5,15-16,18H,2,4,6-8,11H2,1,3H3/t15-,16-/m1/s1. The molecule has 3 nitrogen and oxygen atoms in total. The van der Waals surface area contributed by atoms with Crippen molar-refractivity contribution in [1.82, 2.24) is 0 Å². The summed E-state index contributed by atoms with van der Waals surface area (Å²) in [5.74, 6) is 9.99. The first kappa shape index (κ1) is 17.3. The Labute approximate surface area is 116 Å². The zero-order valence-electron chi connectivity index (χ0n) is 11.7. The predicted octanol–water partition coefficient (Wildman–Crippen LogP) is 2.44. The van der Waals surface area contributed by atoms with Crippen molar-refractivity contribution in [2.24, 2.45) is 0 Å². The quantitative estimate of drug-likeness (QED) is 0.332. The number of carbonyl (C=O) groups excluding carboxylic acids is 1. The van der Waals surface area contributed by atoms with Gasteiger partial charge in [-0.1, -0.05) is 38.7 Å². The molecule has 0 aromatic heterocycles. The molecule has 3 heteroatoms. The van der Waals surface area contributed by atoms with Gasteiger partial charge in [-0.25, -0.2) is 0 Å². The number of rotatable bonds is 7. The highest BCUT2D eigenvalue weighted by atomic mass is 16.5. The molecule has 0 aliphatic rings. The van der Waals surface area contributed by atoms with Gasteiger partial charge in [0.25, 0.3) is 0 Å². The van der Waals surface area contributed by atoms with E-state index in [4.69, 9.17) is 4.74 Å². The van der Waals surface area contributed by atoms with Crippen LogP contribution in [-0.2, 0) is 9.53 Å². The van der Waals surface area contributed by atoms with Gasteiger partial charge in [0.15, 0.2) is 6.10 Å². The first-order chi connectivity index (χ1) is 9.10. The second-order valence-electron chi connectivity index (χ2n) is 4.17. The molecule has 0 radical (unpaired) electrons. The van der Waals surface area contributed by atoms with E-state index in [-0.39, 0.29) is 0 Å². The largest absolute Gasteiger partial charge is 0.445 e. The number of aliphatic hydroxyl groups excluding tert-OH is 1. The number of unbranched alkanes of at least 4 members (excludes halogenated alkanes) is 3. The maximum atomic E-state index is 10.7. The zero-order valence-corrected chi connectivity index (χ0v) is 11.7. The first-order valence-corrected chi connectivity index (χ1v) is 6.59. The maximum absolute atomic E-state index is 10.7. The van der Waals surface area contributed by atoms with E-state index in [0.717, 1.165) is 12.8 Å². The molecule has 2 atom stereocenters. The molecule has 0 fully saturated rings. The van der Waals surface area contributed by atoms with Crippen LogP contribution in [0.25, 0.3) is 0 Å². The molecule has 0 heterocycles. The van der Waals surface area contributed by atoms with Gasteiger partial charge in [-0.05, 0) is 36.7 Å². The highest BCUT2D eigenvalue weighted by Gasteiger charge is 2.01. The highest BCUT2D eigenvalue weighted by Crippen LogP contribution is 2.04. The van der Waals surface area contributed by atoms with Crippen molar-refractivity contribution in [2.75, 3.05) is 0 Å². The monoisotopic (exact) mass is 262 g/mol. The number of hydrogen-bond donors (Lipinski definition) is 1. The summed E-state index contributed by atoms with van der Waals surface area (Å²) >= 11 is 0. The zero-order chi connectivity index (χ0) is 14.5. The SMILES string of the molecule is C=C[C@H](C#CC#C[C@H](O)CCCCCC)OC(C)=O. The summed E-state index contributed by atoms with van der Waals surface area (Å²) in [6.07, 6.45) is 5.26. The van der Waals surface area contributed by atoms with Crippen molar-refractivity contribution < 1.29 is 14.6 Å². The summed E-state index contributed by atoms with van der Waals surface area (Å²) in [7, 11) is 0. The summed E-state index contributed by atoms with van der Waals surface area (Å²) in [6.45, 7) is 6.96. The number of ether oxygens (including phenoxy) is 1. The second kappa shape index (κ2) is 11.4. The Morgan fingerprint density at radius 2 is 2.00 bits per heavy atom. The Bertz CT molecular complexity index is 390. The lowest BCUT2D eigenvalue weighted by Crippen LogP contribution is -2.10. The summed E-state index contributed by atoms with van der Waals surface area (Å²) in [5, 5.41) is 9.57. The molecule has 0 aliphatic carbocycles. The van der Waals surface area contributed by atoms with E-state index in [1.54, 1.807) is 0 Å². The molecule has 0 aliphatic heterocycles. The topological polar surface area (TPSA) is 46.5 Å². The van der Waals surface area contributed by atoms with Gasteiger partial charge in [0, 0.05) is 6.92 Å². The minimum atomic E-state index is -0.645. The molecule has 0 amide bonds. The van der Waals surface area contributed by atoms with Crippen molar-refractivity contribution in [3.8, 4) is 23.7 Å². The molecular formula is C16H22O3. The molecule has 0 aromatic carbocycles. The minimum absolute atomic E-state index is 0.414. The van der Waals surface area contributed by atoms with Crippen molar-refractivity contribution >= 4 is 5.97 Å². The predicted molar refractivity (Wildman–Crippen MR) is 76.1 cm³/mol. The average Bonchev–Trinajstić information content (AvgIpc) is 2.37. The second-order valence-corrected chi connectivity index (χ2v) is 4.17. The van der Waals surface area contributed by atoms with E-state index < -0.39 is 18.2 Å². The van der Waals surface area contributed by atoms with Crippen LogP contribution in [0, 0.1) is 23.7 Å². The van der Waals surface area contributed by atoms with Gasteiger partial charge in [-0.2, -0.15) is 0 Å². The lowest BCUT2D eigenvalue weighted by molar-refractivity contribution is -0.142. The van der Waals surface area contributed by atoms with E-state index >= 15 is 0 Å². The molecule has 104 valence electrons. The van der Waals surface area contributed by atoms with E-state index in [1.807, 2.05) is 0 Å². The smallest absolute Gasteiger partial charge is 0.304 e. The van der Waals surface area contributed by atoms with E-state index in [2.05, 4.69) is 37.2 Å². The summed E-state index contributed by atoms with van der Waals surface area (Å²) in [5.41, 5.74) is 0. The van der Waals surface area contributed by atoms with Crippen LogP contribution in [-0.4, -0.2) is 23.3 Å². The van der Waals surface area contributed by atoms with Crippen LogP contribution in [0.5, 0.6) is 0 Å². The van der Waals surface area contributed by atoms with Crippen molar-refractivity contribution in [2.45, 2.75) is 58.2 Å². The number of carbonyl (C=O) groups is 1. The molecular weight excluding hydrogens is 240 g/mol. The molecule has 0 saturated heterocycles. The maximum Gasteiger partial charge on any atom is 0.304 e. The Hall–Kier alpha value is -1.71. The van der Waals surface area contributed by atoms with Crippen molar-refractivity contribution in [1.29, 1.82) is 0 Å². The molecule has 0 unspecified atom stereocenters. The van der Waals surface area contributed by atoms with Crippen LogP contribution >= 0.6 is 0 Å². The highest BCUT2D eigenvalue weighted by molar-refractivity contribution is 5.66. The molecule has 1 N–H and O–H groups in total. The third kappa shape index (κ3) is 11.1. The molecule has 0 rings (SSSR count). The first-order valence-electron chi connectivity index (χ1n) is 6.59. The number of esters is 1. The van der Waals surface area contributed by atoms with Gasteiger partial charge in [0.1, 0.15) is 6.10 Å². The van der Waals surface area contributed by atoms with Gasteiger partial charge < -0.3 is 9.84 Å². The Morgan fingerprint density at radius 1 is 1.32 bits per heavy atom. The lowest BCUT2D eigenvalue weighted by atomic mass is 10.1. The fourth-order valence-corrected chi connectivity index (χ4v) is 1.38. The Kier molecular flexibility index (Phi) is 10.4. The Morgan fingerprint density at radius 3 is 2.58 bits per heavy atom. The van der Waals surface area contributed by atoms with Crippen LogP contribution in [0.15, 0.2) is 12.7 Å². The molecule has 0 aromatic rings. The molecule has 0 bridgehead atoms. The normalized spacial score (nSPS) is 12.2.